The van der Waals surface area contributed by atoms with Gasteiger partial charge in [-0.15, -0.1) is 0 Å². The Morgan fingerprint density at radius 3 is 2.64 bits per heavy atom. The number of nitro benzene ring substituents is 1. The van der Waals surface area contributed by atoms with Gasteiger partial charge in [-0.05, 0) is 24.3 Å². The molecule has 3 aromatic rings. The van der Waals surface area contributed by atoms with Crippen molar-refractivity contribution in [2.75, 3.05) is 14.2 Å². The Morgan fingerprint density at radius 2 is 1.96 bits per heavy atom. The van der Waals surface area contributed by atoms with Gasteiger partial charge in [0.25, 0.3) is 11.2 Å². The zero-order valence-electron chi connectivity index (χ0n) is 13.6. The maximum atomic E-state index is 12.7. The molecule has 0 aliphatic carbocycles. The van der Waals surface area contributed by atoms with Crippen molar-refractivity contribution in [3.8, 4) is 11.5 Å². The number of benzene rings is 2. The van der Waals surface area contributed by atoms with E-state index in [1.54, 1.807) is 25.3 Å². The largest absolute Gasteiger partial charge is 0.497 e. The van der Waals surface area contributed by atoms with Crippen molar-refractivity contribution < 1.29 is 14.4 Å². The van der Waals surface area contributed by atoms with Crippen LogP contribution in [0.5, 0.6) is 11.5 Å². The Balaban J connectivity index is 2.09. The van der Waals surface area contributed by atoms with E-state index in [0.717, 1.165) is 5.56 Å². The van der Waals surface area contributed by atoms with Gasteiger partial charge in [-0.3, -0.25) is 19.5 Å². The lowest BCUT2D eigenvalue weighted by molar-refractivity contribution is -0.384. The third-order valence-electron chi connectivity index (χ3n) is 3.85. The van der Waals surface area contributed by atoms with Gasteiger partial charge in [-0.25, -0.2) is 4.98 Å². The smallest absolute Gasteiger partial charge is 0.270 e. The Morgan fingerprint density at radius 1 is 1.16 bits per heavy atom. The highest BCUT2D eigenvalue weighted by atomic mass is 16.6. The maximum Gasteiger partial charge on any atom is 0.270 e. The molecule has 0 fully saturated rings. The van der Waals surface area contributed by atoms with Crippen LogP contribution in [0.4, 0.5) is 5.69 Å². The van der Waals surface area contributed by atoms with Crippen LogP contribution in [0.15, 0.2) is 47.5 Å². The summed E-state index contributed by atoms with van der Waals surface area (Å²) in [5.74, 6) is 1.24. The molecule has 0 unspecified atom stereocenters. The lowest BCUT2D eigenvalue weighted by atomic mass is 10.1. The van der Waals surface area contributed by atoms with Gasteiger partial charge in [-0.2, -0.15) is 0 Å². The average Bonchev–Trinajstić information content (AvgIpc) is 2.63. The summed E-state index contributed by atoms with van der Waals surface area (Å²) in [6, 6.07) is 9.30. The van der Waals surface area contributed by atoms with Gasteiger partial charge in [0.15, 0.2) is 0 Å². The molecule has 0 saturated carbocycles. The summed E-state index contributed by atoms with van der Waals surface area (Å²) in [4.78, 5) is 27.3. The second kappa shape index (κ2) is 6.60. The van der Waals surface area contributed by atoms with E-state index >= 15 is 0 Å². The molecule has 0 spiro atoms. The lowest BCUT2D eigenvalue weighted by Gasteiger charge is -2.12. The molecule has 0 saturated heterocycles. The first-order valence-electron chi connectivity index (χ1n) is 7.38. The molecule has 0 aliphatic rings. The molecule has 2 aromatic carbocycles. The van der Waals surface area contributed by atoms with Crippen LogP contribution in [-0.4, -0.2) is 28.7 Å². The average molecular weight is 341 g/mol. The van der Waals surface area contributed by atoms with Gasteiger partial charge in [0, 0.05) is 17.7 Å². The van der Waals surface area contributed by atoms with Crippen LogP contribution in [0.3, 0.4) is 0 Å². The summed E-state index contributed by atoms with van der Waals surface area (Å²) < 4.78 is 11.9. The number of nitro groups is 1. The lowest BCUT2D eigenvalue weighted by Crippen LogP contribution is -2.21. The second-order valence-electron chi connectivity index (χ2n) is 5.31. The van der Waals surface area contributed by atoms with E-state index in [-0.39, 0.29) is 23.2 Å². The molecule has 0 radical (unpaired) electrons. The van der Waals surface area contributed by atoms with E-state index in [4.69, 9.17) is 9.47 Å². The third kappa shape index (κ3) is 3.14. The van der Waals surface area contributed by atoms with Gasteiger partial charge < -0.3 is 9.47 Å². The van der Waals surface area contributed by atoms with E-state index in [0.29, 0.717) is 17.0 Å². The number of aromatic nitrogens is 2. The van der Waals surface area contributed by atoms with Gasteiger partial charge in [0.2, 0.25) is 0 Å². The number of non-ortho nitro benzene ring substituents is 1. The quantitative estimate of drug-likeness (QED) is 0.522. The van der Waals surface area contributed by atoms with Crippen molar-refractivity contribution in [3.63, 3.8) is 0 Å². The van der Waals surface area contributed by atoms with Crippen LogP contribution in [0.1, 0.15) is 5.56 Å². The highest BCUT2D eigenvalue weighted by Gasteiger charge is 2.12. The zero-order valence-corrected chi connectivity index (χ0v) is 13.6. The van der Waals surface area contributed by atoms with Crippen LogP contribution < -0.4 is 15.0 Å². The monoisotopic (exact) mass is 341 g/mol. The molecule has 128 valence electrons. The fourth-order valence-electron chi connectivity index (χ4n) is 2.56. The number of fused-ring (bicyclic) bond motifs is 1. The summed E-state index contributed by atoms with van der Waals surface area (Å²) in [5, 5.41) is 11.1. The fourth-order valence-corrected chi connectivity index (χ4v) is 2.56. The molecule has 0 aliphatic heterocycles. The molecule has 0 N–H and O–H groups in total. The minimum Gasteiger partial charge on any atom is -0.497 e. The van der Waals surface area contributed by atoms with E-state index in [1.807, 2.05) is 0 Å². The number of rotatable bonds is 5. The Kier molecular flexibility index (Phi) is 4.34. The predicted octanol–water partition coefficient (Wildman–Crippen LogP) is 2.37. The van der Waals surface area contributed by atoms with Crippen LogP contribution in [0.25, 0.3) is 10.9 Å². The third-order valence-corrected chi connectivity index (χ3v) is 3.85. The molecule has 1 aromatic heterocycles. The van der Waals surface area contributed by atoms with E-state index in [9.17, 15) is 14.9 Å². The van der Waals surface area contributed by atoms with Crippen molar-refractivity contribution >= 4 is 16.6 Å². The Labute approximate surface area is 142 Å². The maximum absolute atomic E-state index is 12.7. The van der Waals surface area contributed by atoms with Crippen LogP contribution in [0, 0.1) is 10.1 Å². The van der Waals surface area contributed by atoms with Crippen LogP contribution in [0.2, 0.25) is 0 Å². The highest BCUT2D eigenvalue weighted by molar-refractivity contribution is 5.79. The first-order valence-corrected chi connectivity index (χ1v) is 7.38. The van der Waals surface area contributed by atoms with Gasteiger partial charge in [-0.1, -0.05) is 0 Å². The van der Waals surface area contributed by atoms with E-state index in [2.05, 4.69) is 4.98 Å². The molecule has 8 heteroatoms. The van der Waals surface area contributed by atoms with Gasteiger partial charge >= 0.3 is 0 Å². The van der Waals surface area contributed by atoms with Gasteiger partial charge in [0.05, 0.1) is 42.9 Å². The molecular formula is C17H15N3O5. The van der Waals surface area contributed by atoms with Crippen LogP contribution in [-0.2, 0) is 6.54 Å². The summed E-state index contributed by atoms with van der Waals surface area (Å²) in [7, 11) is 3.09. The summed E-state index contributed by atoms with van der Waals surface area (Å²) >= 11 is 0. The molecule has 25 heavy (non-hydrogen) atoms. The molecule has 0 atom stereocenters. The summed E-state index contributed by atoms with van der Waals surface area (Å²) in [5.41, 5.74) is 0.627. The van der Waals surface area contributed by atoms with Crippen molar-refractivity contribution in [3.05, 3.63) is 68.8 Å². The first-order chi connectivity index (χ1) is 12.0. The zero-order chi connectivity index (χ0) is 18.0. The molecule has 1 heterocycles. The van der Waals surface area contributed by atoms with Crippen molar-refractivity contribution in [2.24, 2.45) is 0 Å². The van der Waals surface area contributed by atoms with Crippen LogP contribution >= 0.6 is 0 Å². The molecule has 0 amide bonds. The minimum atomic E-state index is -0.540. The second-order valence-corrected chi connectivity index (χ2v) is 5.31. The standard InChI is InChI=1S/C17H15N3O5/c1-24-13-4-6-16(25-2)11(7-13)9-19-10-18-15-5-3-12(20(22)23)8-14(15)17(19)21/h3-8,10H,9H2,1-2H3. The first kappa shape index (κ1) is 16.4. The number of nitrogens with zero attached hydrogens (tertiary/aromatic N) is 3. The molecule has 0 bridgehead atoms. The predicted molar refractivity (Wildman–Crippen MR) is 91.3 cm³/mol. The summed E-state index contributed by atoms with van der Waals surface area (Å²) in [6.07, 6.45) is 1.41. The number of hydrogen-bond acceptors (Lipinski definition) is 6. The highest BCUT2D eigenvalue weighted by Crippen LogP contribution is 2.24. The number of methoxy groups -OCH3 is 2. The van der Waals surface area contributed by atoms with E-state index in [1.165, 1.54) is 36.2 Å². The van der Waals surface area contributed by atoms with Crippen molar-refractivity contribution in [1.29, 1.82) is 0 Å². The van der Waals surface area contributed by atoms with Crippen molar-refractivity contribution in [1.82, 2.24) is 9.55 Å². The number of hydrogen-bond donors (Lipinski definition) is 0. The fraction of sp³-hybridized carbons (Fsp3) is 0.176. The topological polar surface area (TPSA) is 96.5 Å². The SMILES string of the molecule is COc1ccc(OC)c(Cn2cnc3ccc([N+](=O)[O-])cc3c2=O)c1. The minimum absolute atomic E-state index is 0.150. The van der Waals surface area contributed by atoms with Gasteiger partial charge in [0.1, 0.15) is 11.5 Å². The normalized spacial score (nSPS) is 10.6. The molecule has 3 rings (SSSR count). The molecular weight excluding hydrogens is 326 g/mol. The Bertz CT molecular complexity index is 1010. The number of ether oxygens (including phenoxy) is 2. The Hall–Kier alpha value is -3.42. The molecule has 8 nitrogen and oxygen atoms in total. The van der Waals surface area contributed by atoms with Crippen molar-refractivity contribution in [2.45, 2.75) is 6.54 Å². The summed E-state index contributed by atoms with van der Waals surface area (Å²) in [6.45, 7) is 0.199. The van der Waals surface area contributed by atoms with E-state index < -0.39 is 4.92 Å².